The number of aromatic nitrogens is 1. The van der Waals surface area contributed by atoms with Crippen LogP contribution >= 0.6 is 0 Å². The van der Waals surface area contributed by atoms with Gasteiger partial charge >= 0.3 is 5.97 Å². The van der Waals surface area contributed by atoms with Gasteiger partial charge < -0.3 is 19.2 Å². The zero-order valence-corrected chi connectivity index (χ0v) is 19.9. The topological polar surface area (TPSA) is 90.7 Å². The van der Waals surface area contributed by atoms with Crippen LogP contribution in [-0.4, -0.2) is 29.6 Å². The average Bonchev–Trinajstić information content (AvgIpc) is 3.33. The summed E-state index contributed by atoms with van der Waals surface area (Å²) in [6.07, 6.45) is -1.02. The molecule has 7 heteroatoms. The first-order valence-electron chi connectivity index (χ1n) is 11.7. The van der Waals surface area contributed by atoms with Crippen molar-refractivity contribution in [2.75, 3.05) is 11.9 Å². The van der Waals surface area contributed by atoms with Gasteiger partial charge in [-0.1, -0.05) is 36.4 Å². The zero-order valence-electron chi connectivity index (χ0n) is 19.9. The van der Waals surface area contributed by atoms with Gasteiger partial charge in [0.05, 0.1) is 12.2 Å². The van der Waals surface area contributed by atoms with Crippen LogP contribution in [0.3, 0.4) is 0 Å². The van der Waals surface area contributed by atoms with Crippen LogP contribution in [0.15, 0.2) is 89.3 Å². The highest BCUT2D eigenvalue weighted by Crippen LogP contribution is 2.33. The number of benzene rings is 4. The molecule has 1 amide bonds. The number of nitrogens with one attached hydrogen (secondary N) is 1. The summed E-state index contributed by atoms with van der Waals surface area (Å²) in [5, 5.41) is 4.24. The van der Waals surface area contributed by atoms with Crippen LogP contribution < -0.4 is 10.1 Å². The molecule has 0 bridgehead atoms. The molecule has 0 spiro atoms. The van der Waals surface area contributed by atoms with E-state index in [1.54, 1.807) is 36.4 Å². The predicted molar refractivity (Wildman–Crippen MR) is 138 cm³/mol. The lowest BCUT2D eigenvalue weighted by Crippen LogP contribution is -2.30. The maximum absolute atomic E-state index is 13.2. The molecular weight excluding hydrogens is 456 g/mol. The zero-order chi connectivity index (χ0) is 25.1. The van der Waals surface area contributed by atoms with Gasteiger partial charge in [0, 0.05) is 16.6 Å². The van der Waals surface area contributed by atoms with Gasteiger partial charge in [0.1, 0.15) is 11.3 Å². The lowest BCUT2D eigenvalue weighted by atomic mass is 9.99. The summed E-state index contributed by atoms with van der Waals surface area (Å²) < 4.78 is 16.9. The van der Waals surface area contributed by atoms with Crippen molar-refractivity contribution in [3.8, 4) is 17.2 Å². The van der Waals surface area contributed by atoms with Crippen LogP contribution in [0.4, 0.5) is 5.69 Å². The normalized spacial score (nSPS) is 11.8. The van der Waals surface area contributed by atoms with E-state index in [1.807, 2.05) is 55.5 Å². The van der Waals surface area contributed by atoms with E-state index in [1.165, 1.54) is 6.92 Å². The number of anilines is 1. The fraction of sp³-hybridized carbons (Fsp3) is 0.138. The smallest absolute Gasteiger partial charge is 0.339 e. The lowest BCUT2D eigenvalue weighted by Gasteiger charge is -2.15. The van der Waals surface area contributed by atoms with Gasteiger partial charge in [-0.25, -0.2) is 9.78 Å². The van der Waals surface area contributed by atoms with E-state index < -0.39 is 18.0 Å². The van der Waals surface area contributed by atoms with Crippen LogP contribution in [-0.2, 0) is 9.53 Å². The largest absolute Gasteiger partial charge is 0.494 e. The monoisotopic (exact) mass is 480 g/mol. The third-order valence-corrected chi connectivity index (χ3v) is 5.73. The third-order valence-electron chi connectivity index (χ3n) is 5.73. The minimum Gasteiger partial charge on any atom is -0.494 e. The maximum Gasteiger partial charge on any atom is 0.339 e. The van der Waals surface area contributed by atoms with Gasteiger partial charge in [-0.3, -0.25) is 4.79 Å². The van der Waals surface area contributed by atoms with E-state index in [4.69, 9.17) is 13.9 Å². The second kappa shape index (κ2) is 9.92. The number of hydrogen-bond acceptors (Lipinski definition) is 6. The van der Waals surface area contributed by atoms with Crippen LogP contribution in [0.25, 0.3) is 33.3 Å². The van der Waals surface area contributed by atoms with Gasteiger partial charge in [0.25, 0.3) is 5.91 Å². The first-order chi connectivity index (χ1) is 17.5. The number of carbonyl (C=O) groups is 2. The molecule has 1 N–H and O–H groups in total. The number of hydrogen-bond donors (Lipinski definition) is 1. The average molecular weight is 481 g/mol. The van der Waals surface area contributed by atoms with Crippen LogP contribution in [0.2, 0.25) is 0 Å². The third kappa shape index (κ3) is 4.63. The standard InChI is InChI=1S/C29H24N2O5/c1-3-34-21-16-14-20(15-17-21)30-27(32)18(2)35-29(33)23-11-7-9-19-8-6-10-22(26(19)23)28-31-24-12-4-5-13-25(24)36-28/h4-18H,3H2,1-2H3,(H,30,32). The number of nitrogens with zero attached hydrogens (tertiary/aromatic N) is 1. The van der Waals surface area contributed by atoms with Crippen molar-refractivity contribution in [3.63, 3.8) is 0 Å². The number of carbonyl (C=O) groups excluding carboxylic acids is 2. The van der Waals surface area contributed by atoms with Crippen LogP contribution in [0.1, 0.15) is 24.2 Å². The highest BCUT2D eigenvalue weighted by atomic mass is 16.5. The van der Waals surface area contributed by atoms with Crippen molar-refractivity contribution in [2.24, 2.45) is 0 Å². The molecule has 7 nitrogen and oxygen atoms in total. The van der Waals surface area contributed by atoms with Crippen molar-refractivity contribution in [1.82, 2.24) is 4.98 Å². The Labute approximate surface area is 207 Å². The summed E-state index contributed by atoms with van der Waals surface area (Å²) in [5.74, 6) is 0.0643. The van der Waals surface area contributed by atoms with Crippen molar-refractivity contribution < 1.29 is 23.5 Å². The van der Waals surface area contributed by atoms with Gasteiger partial charge in [-0.05, 0) is 67.8 Å². The Bertz CT molecular complexity index is 1520. The summed E-state index contributed by atoms with van der Waals surface area (Å²) in [6, 6.07) is 25.5. The maximum atomic E-state index is 13.2. The van der Waals surface area contributed by atoms with E-state index in [9.17, 15) is 9.59 Å². The quantitative estimate of drug-likeness (QED) is 0.278. The minimum atomic E-state index is -1.02. The number of fused-ring (bicyclic) bond motifs is 2. The van der Waals surface area contributed by atoms with Crippen LogP contribution in [0, 0.1) is 0 Å². The Kier molecular flexibility index (Phi) is 6.36. The number of oxazole rings is 1. The number of amides is 1. The molecule has 0 aliphatic carbocycles. The molecular formula is C29H24N2O5. The van der Waals surface area contributed by atoms with E-state index in [-0.39, 0.29) is 0 Å². The van der Waals surface area contributed by atoms with Gasteiger partial charge in [0.2, 0.25) is 5.89 Å². The van der Waals surface area contributed by atoms with Gasteiger partial charge in [0.15, 0.2) is 11.7 Å². The highest BCUT2D eigenvalue weighted by molar-refractivity contribution is 6.10. The Morgan fingerprint density at radius 2 is 1.69 bits per heavy atom. The Hall–Kier alpha value is -4.65. The molecule has 1 heterocycles. The highest BCUT2D eigenvalue weighted by Gasteiger charge is 2.23. The number of ether oxygens (including phenoxy) is 2. The van der Waals surface area contributed by atoms with E-state index >= 15 is 0 Å². The number of para-hydroxylation sites is 2. The fourth-order valence-electron chi connectivity index (χ4n) is 4.00. The Balaban J connectivity index is 1.40. The van der Waals surface area contributed by atoms with Crippen molar-refractivity contribution >= 4 is 39.4 Å². The van der Waals surface area contributed by atoms with E-state index in [0.29, 0.717) is 46.0 Å². The minimum absolute atomic E-state index is 0.325. The summed E-state index contributed by atoms with van der Waals surface area (Å²) in [4.78, 5) is 30.5. The molecule has 180 valence electrons. The van der Waals surface area contributed by atoms with Crippen LogP contribution in [0.5, 0.6) is 5.75 Å². The molecule has 0 radical (unpaired) electrons. The van der Waals surface area contributed by atoms with Gasteiger partial charge in [-0.2, -0.15) is 0 Å². The molecule has 5 rings (SSSR count). The fourth-order valence-corrected chi connectivity index (χ4v) is 4.00. The summed E-state index contributed by atoms with van der Waals surface area (Å²) in [6.45, 7) is 3.99. The predicted octanol–water partition coefficient (Wildman–Crippen LogP) is 6.23. The first kappa shape index (κ1) is 23.1. The lowest BCUT2D eigenvalue weighted by molar-refractivity contribution is -0.123. The van der Waals surface area contributed by atoms with E-state index in [2.05, 4.69) is 10.3 Å². The molecule has 0 aliphatic heterocycles. The van der Waals surface area contributed by atoms with Crippen molar-refractivity contribution in [1.29, 1.82) is 0 Å². The molecule has 0 aliphatic rings. The summed E-state index contributed by atoms with van der Waals surface area (Å²) in [7, 11) is 0. The molecule has 5 aromatic rings. The molecule has 36 heavy (non-hydrogen) atoms. The molecule has 1 atom stereocenters. The molecule has 0 saturated heterocycles. The van der Waals surface area contributed by atoms with E-state index in [0.717, 1.165) is 10.9 Å². The second-order valence-electron chi connectivity index (χ2n) is 8.19. The SMILES string of the molecule is CCOc1ccc(NC(=O)C(C)OC(=O)c2cccc3cccc(-c4nc5ccccc5o4)c23)cc1. The molecule has 1 unspecified atom stereocenters. The first-order valence-corrected chi connectivity index (χ1v) is 11.7. The van der Waals surface area contributed by atoms with Crippen molar-refractivity contribution in [2.45, 2.75) is 20.0 Å². The Morgan fingerprint density at radius 1 is 0.944 bits per heavy atom. The molecule has 1 aromatic heterocycles. The molecule has 4 aromatic carbocycles. The second-order valence-corrected chi connectivity index (χ2v) is 8.19. The number of rotatable bonds is 7. The van der Waals surface area contributed by atoms with Crippen molar-refractivity contribution in [3.05, 3.63) is 90.5 Å². The van der Waals surface area contributed by atoms with Gasteiger partial charge in [-0.15, -0.1) is 0 Å². The summed E-state index contributed by atoms with van der Waals surface area (Å²) >= 11 is 0. The molecule has 0 fully saturated rings. The molecule has 0 saturated carbocycles. The Morgan fingerprint density at radius 3 is 2.44 bits per heavy atom. The summed E-state index contributed by atoms with van der Waals surface area (Å²) in [5.41, 5.74) is 2.96. The number of esters is 1.